The molecule has 14 nitrogen and oxygen atoms in total. The lowest BCUT2D eigenvalue weighted by Crippen LogP contribution is -2.52. The van der Waals surface area contributed by atoms with Crippen molar-refractivity contribution >= 4 is 47.2 Å². The van der Waals surface area contributed by atoms with Crippen molar-refractivity contribution in [3.63, 3.8) is 0 Å². The molecule has 0 aromatic rings. The fraction of sp³-hybridized carbons (Fsp3) is 0.808. The van der Waals surface area contributed by atoms with Gasteiger partial charge in [-0.1, -0.05) is 160 Å². The van der Waals surface area contributed by atoms with E-state index < -0.39 is 41.9 Å². The first-order valence-corrected chi connectivity index (χ1v) is 27.8. The summed E-state index contributed by atoms with van der Waals surface area (Å²) in [6.45, 7) is 6.05. The Morgan fingerprint density at radius 1 is 0.522 bits per heavy atom. The van der Waals surface area contributed by atoms with E-state index in [9.17, 15) is 28.8 Å². The van der Waals surface area contributed by atoms with Gasteiger partial charge in [0, 0.05) is 38.2 Å². The predicted octanol–water partition coefficient (Wildman–Crippen LogP) is 7.81. The Kier molecular flexibility index (Phi) is 39.2. The first kappa shape index (κ1) is 61.6. The molecule has 1 aliphatic rings. The van der Waals surface area contributed by atoms with Crippen LogP contribution in [0.4, 0.5) is 0 Å². The fourth-order valence-corrected chi connectivity index (χ4v) is 9.03. The first-order chi connectivity index (χ1) is 32.5. The lowest BCUT2D eigenvalue weighted by Gasteiger charge is -2.23. The summed E-state index contributed by atoms with van der Waals surface area (Å²) in [6.07, 6.45) is 38.1. The highest BCUT2D eigenvalue weighted by Crippen LogP contribution is 2.15. The molecule has 0 aromatic carbocycles. The molecule has 4 atom stereocenters. The third kappa shape index (κ3) is 35.4. The van der Waals surface area contributed by atoms with Gasteiger partial charge in [0.25, 0.3) is 0 Å². The van der Waals surface area contributed by atoms with Crippen LogP contribution in [0.1, 0.15) is 213 Å². The maximum atomic E-state index is 13.5. The van der Waals surface area contributed by atoms with Gasteiger partial charge in [-0.2, -0.15) is 11.8 Å². The highest BCUT2D eigenvalue weighted by atomic mass is 32.2. The van der Waals surface area contributed by atoms with E-state index in [1.165, 1.54) is 127 Å². The molecule has 0 saturated heterocycles. The second-order valence-corrected chi connectivity index (χ2v) is 19.8. The molecule has 0 fully saturated rings. The number of amides is 6. The maximum Gasteiger partial charge on any atom is 0.240 e. The molecule has 4 unspecified atom stereocenters. The van der Waals surface area contributed by atoms with Gasteiger partial charge in [0.05, 0.1) is 12.1 Å². The average Bonchev–Trinajstić information content (AvgIpc) is 3.28. The minimum Gasteiger partial charge on any atom is -0.368 e. The van der Waals surface area contributed by atoms with Crippen LogP contribution in [0.3, 0.4) is 0 Å². The van der Waals surface area contributed by atoms with Crippen molar-refractivity contribution in [2.24, 2.45) is 17.2 Å². The molecular weight excluding hydrogens is 865 g/mol. The van der Waals surface area contributed by atoms with Crippen molar-refractivity contribution in [2.75, 3.05) is 31.1 Å². The fourth-order valence-electron chi connectivity index (χ4n) is 7.98. The summed E-state index contributed by atoms with van der Waals surface area (Å²) < 4.78 is 0. The van der Waals surface area contributed by atoms with Crippen LogP contribution in [-0.2, 0) is 28.8 Å². The zero-order chi connectivity index (χ0) is 49.2. The molecule has 0 aliphatic heterocycles. The van der Waals surface area contributed by atoms with Crippen molar-refractivity contribution in [2.45, 2.75) is 237 Å². The van der Waals surface area contributed by atoms with E-state index in [0.29, 0.717) is 70.3 Å². The summed E-state index contributed by atoms with van der Waals surface area (Å²) in [5, 5.41) is 14.7. The number of thioether (sulfide) groups is 1. The molecular formula is C52H96N8O6S. The van der Waals surface area contributed by atoms with Gasteiger partial charge in [-0.05, 0) is 69.1 Å². The summed E-state index contributed by atoms with van der Waals surface area (Å²) in [7, 11) is 0. The zero-order valence-corrected chi connectivity index (χ0v) is 42.9. The highest BCUT2D eigenvalue weighted by molar-refractivity contribution is 7.99. The number of hydrogen-bond donors (Lipinski definition) is 8. The molecule has 11 N–H and O–H groups in total. The summed E-state index contributed by atoms with van der Waals surface area (Å²) >= 11 is 1.30. The Labute approximate surface area is 410 Å². The van der Waals surface area contributed by atoms with Crippen LogP contribution in [0.15, 0.2) is 23.8 Å². The molecule has 6 amide bonds. The lowest BCUT2D eigenvalue weighted by atomic mass is 10.0. The molecule has 386 valence electrons. The largest absolute Gasteiger partial charge is 0.368 e. The normalized spacial score (nSPS) is 13.7. The van der Waals surface area contributed by atoms with Crippen LogP contribution in [0, 0.1) is 0 Å². The Morgan fingerprint density at radius 3 is 1.39 bits per heavy atom. The van der Waals surface area contributed by atoms with Gasteiger partial charge >= 0.3 is 0 Å². The van der Waals surface area contributed by atoms with Crippen LogP contribution in [0.2, 0.25) is 0 Å². The van der Waals surface area contributed by atoms with Crippen molar-refractivity contribution in [1.29, 1.82) is 0 Å². The number of rotatable bonds is 48. The lowest BCUT2D eigenvalue weighted by molar-refractivity contribution is -0.128. The van der Waals surface area contributed by atoms with Crippen molar-refractivity contribution < 1.29 is 28.8 Å². The van der Waals surface area contributed by atoms with E-state index in [1.54, 1.807) is 0 Å². The monoisotopic (exact) mass is 961 g/mol. The Hall–Kier alpha value is -3.43. The number of carbonyl (C=O) groups excluding carboxylic acids is 6. The minimum absolute atomic E-state index is 0.0509. The van der Waals surface area contributed by atoms with E-state index in [-0.39, 0.29) is 29.9 Å². The van der Waals surface area contributed by atoms with Gasteiger partial charge in [-0.25, -0.2) is 0 Å². The topological polar surface area (TPSA) is 241 Å². The van der Waals surface area contributed by atoms with Gasteiger partial charge in [-0.3, -0.25) is 28.8 Å². The number of hydrogen-bond acceptors (Lipinski definition) is 9. The van der Waals surface area contributed by atoms with E-state index in [4.69, 9.17) is 17.2 Å². The molecule has 0 spiro atoms. The number of allylic oxidation sites excluding steroid dienone is 2. The van der Waals surface area contributed by atoms with Crippen LogP contribution >= 0.6 is 11.8 Å². The molecule has 67 heavy (non-hydrogen) atoms. The van der Waals surface area contributed by atoms with Crippen LogP contribution in [0.25, 0.3) is 0 Å². The number of nitrogens with one attached hydrogen (secondary N) is 5. The third-order valence-corrected chi connectivity index (χ3v) is 13.6. The minimum atomic E-state index is -0.974. The molecule has 0 heterocycles. The van der Waals surface area contributed by atoms with E-state index in [1.807, 2.05) is 18.2 Å². The number of carbonyl (C=O) groups is 6. The Morgan fingerprint density at radius 2 is 0.955 bits per heavy atom. The average molecular weight is 961 g/mol. The summed E-state index contributed by atoms with van der Waals surface area (Å²) in [5.74, 6) is -1.57. The molecule has 0 saturated carbocycles. The summed E-state index contributed by atoms with van der Waals surface area (Å²) in [5.41, 5.74) is 18.5. The van der Waals surface area contributed by atoms with Crippen LogP contribution < -0.4 is 43.8 Å². The third-order valence-electron chi connectivity index (χ3n) is 12.5. The summed E-state index contributed by atoms with van der Waals surface area (Å²) in [4.78, 5) is 75.6. The molecule has 0 radical (unpaired) electrons. The van der Waals surface area contributed by atoms with Gasteiger partial charge in [0.15, 0.2) is 0 Å². The van der Waals surface area contributed by atoms with E-state index in [0.717, 1.165) is 37.7 Å². The predicted molar refractivity (Wildman–Crippen MR) is 277 cm³/mol. The second-order valence-electron chi connectivity index (χ2n) is 18.7. The van der Waals surface area contributed by atoms with Crippen LogP contribution in [0.5, 0.6) is 0 Å². The van der Waals surface area contributed by atoms with Crippen molar-refractivity contribution in [3.05, 3.63) is 23.8 Å². The standard InChI is InChI=1S/C52H96N8O6S/c1-3-5-7-9-11-13-15-17-19-21-23-34-47(61)56-37-27-25-32-43(53)51(65)60-46(50(55)64)41-67-39-36-44(49(54)63)59-52(66)45(58-40-42-30-29-31-42)33-26-28-38-57-48(62)35-24-22-20-18-16-14-12-10-8-6-4-2/h29-31,43-46,58H,3-28,32-41,53H2,1-2H3,(H2,54,63)(H2,55,64)(H,56,61)(H,57,62)(H,59,66)(H,60,65). The number of unbranched alkanes of at least 4 members (excludes halogenated alkanes) is 22. The van der Waals surface area contributed by atoms with Crippen molar-refractivity contribution in [1.82, 2.24) is 26.6 Å². The molecule has 0 aromatic heterocycles. The van der Waals surface area contributed by atoms with Gasteiger partial charge in [0.2, 0.25) is 35.4 Å². The smallest absolute Gasteiger partial charge is 0.240 e. The van der Waals surface area contributed by atoms with Crippen LogP contribution in [-0.4, -0.2) is 90.8 Å². The van der Waals surface area contributed by atoms with Gasteiger partial charge in [-0.15, -0.1) is 0 Å². The number of primary amides is 2. The Bertz CT molecular complexity index is 1410. The molecule has 1 rings (SSSR count). The first-order valence-electron chi connectivity index (χ1n) is 26.6. The Balaban J connectivity index is 2.33. The van der Waals surface area contributed by atoms with Crippen molar-refractivity contribution in [3.8, 4) is 0 Å². The highest BCUT2D eigenvalue weighted by Gasteiger charge is 2.26. The molecule has 1 aliphatic carbocycles. The quantitative estimate of drug-likeness (QED) is 0.0277. The van der Waals surface area contributed by atoms with E-state index >= 15 is 0 Å². The van der Waals surface area contributed by atoms with Gasteiger partial charge < -0.3 is 43.8 Å². The molecule has 15 heteroatoms. The maximum absolute atomic E-state index is 13.5. The second kappa shape index (κ2) is 42.7. The van der Waals surface area contributed by atoms with Gasteiger partial charge in [0.1, 0.15) is 12.1 Å². The van der Waals surface area contributed by atoms with E-state index in [2.05, 4.69) is 40.4 Å². The number of nitrogens with two attached hydrogens (primary N) is 3. The summed E-state index contributed by atoms with van der Waals surface area (Å²) in [6, 6.07) is -3.32. The zero-order valence-electron chi connectivity index (χ0n) is 42.1. The molecule has 0 bridgehead atoms. The SMILES string of the molecule is CCCCCCCCCCCCCC(=O)NCCCCC(N)C(=O)NC(CSCCC(NC(=O)C(CCCCNC(=O)CCCCCCCCCCCCC)NCC1=CC=C1)C(N)=O)C(N)=O.